The molecule has 0 amide bonds. The Bertz CT molecular complexity index is 607. The predicted octanol–water partition coefficient (Wildman–Crippen LogP) is 3.47. The highest BCUT2D eigenvalue weighted by molar-refractivity contribution is 7.09. The Hall–Kier alpha value is -1.88. The van der Waals surface area contributed by atoms with Gasteiger partial charge in [0.2, 0.25) is 0 Å². The Morgan fingerprint density at radius 1 is 1.40 bits per heavy atom. The summed E-state index contributed by atoms with van der Waals surface area (Å²) in [4.78, 5) is 14.8. The van der Waals surface area contributed by atoms with Gasteiger partial charge in [0.25, 0.3) is 0 Å². The highest BCUT2D eigenvalue weighted by atomic mass is 32.1. The molecule has 0 atom stereocenters. The van der Waals surface area contributed by atoms with Gasteiger partial charge in [-0.2, -0.15) is 0 Å². The zero-order valence-electron chi connectivity index (χ0n) is 11.5. The van der Waals surface area contributed by atoms with Crippen molar-refractivity contribution < 1.29 is 14.6 Å². The van der Waals surface area contributed by atoms with Crippen molar-refractivity contribution in [2.75, 3.05) is 6.61 Å². The highest BCUT2D eigenvalue weighted by Crippen LogP contribution is 2.21. The topological polar surface area (TPSA) is 59.4 Å². The van der Waals surface area contributed by atoms with Gasteiger partial charge in [-0.25, -0.2) is 9.78 Å². The second kappa shape index (κ2) is 6.52. The van der Waals surface area contributed by atoms with Crippen LogP contribution in [0.25, 0.3) is 0 Å². The smallest absolute Gasteiger partial charge is 0.355 e. The van der Waals surface area contributed by atoms with Gasteiger partial charge in [0, 0.05) is 11.8 Å². The molecule has 2 aromatic rings. The lowest BCUT2D eigenvalue weighted by molar-refractivity contribution is 0.0691. The van der Waals surface area contributed by atoms with Crippen LogP contribution in [0.15, 0.2) is 23.6 Å². The van der Waals surface area contributed by atoms with Crippen LogP contribution in [0.3, 0.4) is 0 Å². The number of aromatic nitrogens is 1. The lowest BCUT2D eigenvalue weighted by atomic mass is 10.1. The van der Waals surface area contributed by atoms with Gasteiger partial charge in [0.05, 0.1) is 11.6 Å². The molecule has 0 unspecified atom stereocenters. The number of rotatable bonds is 6. The number of hydrogen-bond donors (Lipinski definition) is 1. The van der Waals surface area contributed by atoms with Gasteiger partial charge in [-0.15, -0.1) is 11.3 Å². The van der Waals surface area contributed by atoms with E-state index >= 15 is 0 Å². The maximum atomic E-state index is 10.7. The Kier molecular flexibility index (Phi) is 4.74. The first-order chi connectivity index (χ1) is 9.58. The summed E-state index contributed by atoms with van der Waals surface area (Å²) < 4.78 is 5.75. The summed E-state index contributed by atoms with van der Waals surface area (Å²) in [5, 5.41) is 11.2. The number of hydrogen-bond acceptors (Lipinski definition) is 4. The summed E-state index contributed by atoms with van der Waals surface area (Å²) in [5.74, 6) is -0.0606. The molecule has 0 aliphatic carbocycles. The van der Waals surface area contributed by atoms with Gasteiger partial charge in [-0.1, -0.05) is 12.1 Å². The van der Waals surface area contributed by atoms with Crippen molar-refractivity contribution in [1.29, 1.82) is 0 Å². The maximum Gasteiger partial charge on any atom is 0.355 e. The number of nitrogens with zero attached hydrogens (tertiary/aromatic N) is 1. The van der Waals surface area contributed by atoms with Crippen LogP contribution < -0.4 is 4.74 Å². The van der Waals surface area contributed by atoms with E-state index in [1.54, 1.807) is 5.38 Å². The van der Waals surface area contributed by atoms with Crippen molar-refractivity contribution in [3.63, 3.8) is 0 Å². The van der Waals surface area contributed by atoms with Crippen LogP contribution in [-0.2, 0) is 6.42 Å². The van der Waals surface area contributed by atoms with E-state index in [0.717, 1.165) is 29.2 Å². The van der Waals surface area contributed by atoms with Crippen LogP contribution in [0.2, 0.25) is 0 Å². The summed E-state index contributed by atoms with van der Waals surface area (Å²) >= 11 is 1.38. The minimum Gasteiger partial charge on any atom is -0.493 e. The second-order valence-corrected chi connectivity index (χ2v) is 5.52. The van der Waals surface area contributed by atoms with Crippen molar-refractivity contribution in [3.8, 4) is 5.75 Å². The van der Waals surface area contributed by atoms with Gasteiger partial charge in [-0.3, -0.25) is 0 Å². The van der Waals surface area contributed by atoms with Gasteiger partial charge >= 0.3 is 5.97 Å². The van der Waals surface area contributed by atoms with Crippen LogP contribution in [-0.4, -0.2) is 22.7 Å². The molecule has 0 bridgehead atoms. The maximum absolute atomic E-state index is 10.7. The van der Waals surface area contributed by atoms with Crippen LogP contribution in [0, 0.1) is 13.8 Å². The van der Waals surface area contributed by atoms with Crippen molar-refractivity contribution in [1.82, 2.24) is 4.98 Å². The Morgan fingerprint density at radius 2 is 2.20 bits per heavy atom. The molecule has 0 aliphatic heterocycles. The first-order valence-corrected chi connectivity index (χ1v) is 7.32. The average Bonchev–Trinajstić information content (AvgIpc) is 2.88. The van der Waals surface area contributed by atoms with Gasteiger partial charge in [0.1, 0.15) is 5.75 Å². The number of ether oxygens (including phenoxy) is 1. The predicted molar refractivity (Wildman–Crippen MR) is 78.8 cm³/mol. The molecule has 1 N–H and O–H groups in total. The Balaban J connectivity index is 1.81. The number of aromatic carboxylic acids is 1. The number of carboxylic acids is 1. The molecule has 0 saturated heterocycles. The van der Waals surface area contributed by atoms with Gasteiger partial charge in [0.15, 0.2) is 5.69 Å². The number of benzene rings is 1. The molecule has 5 heteroatoms. The second-order valence-electron chi connectivity index (χ2n) is 4.58. The fourth-order valence-corrected chi connectivity index (χ4v) is 2.62. The van der Waals surface area contributed by atoms with Crippen LogP contribution in [0.4, 0.5) is 0 Å². The third-order valence-corrected chi connectivity index (χ3v) is 4.03. The van der Waals surface area contributed by atoms with Crippen LogP contribution >= 0.6 is 11.3 Å². The lowest BCUT2D eigenvalue weighted by Gasteiger charge is -2.10. The lowest BCUT2D eigenvalue weighted by Crippen LogP contribution is -2.02. The standard InChI is InChI=1S/C15H17NO3S/c1-10-5-3-6-13(11(10)2)19-8-4-7-14-16-12(9-20-14)15(17)18/h3,5-6,9H,4,7-8H2,1-2H3,(H,17,18). The molecule has 106 valence electrons. The van der Waals surface area contributed by atoms with E-state index in [0.29, 0.717) is 6.61 Å². The third kappa shape index (κ3) is 3.57. The number of thiazole rings is 1. The molecular weight excluding hydrogens is 274 g/mol. The van der Waals surface area contributed by atoms with Crippen molar-refractivity contribution in [2.45, 2.75) is 26.7 Å². The zero-order chi connectivity index (χ0) is 14.5. The zero-order valence-corrected chi connectivity index (χ0v) is 12.4. The van der Waals surface area contributed by atoms with E-state index in [-0.39, 0.29) is 5.69 Å². The van der Waals surface area contributed by atoms with Crippen LogP contribution in [0.5, 0.6) is 5.75 Å². The summed E-state index contributed by atoms with van der Waals surface area (Å²) in [6.07, 6.45) is 1.56. The molecule has 0 fully saturated rings. The normalized spacial score (nSPS) is 10.5. The molecule has 1 heterocycles. The largest absolute Gasteiger partial charge is 0.493 e. The van der Waals surface area contributed by atoms with Gasteiger partial charge < -0.3 is 9.84 Å². The van der Waals surface area contributed by atoms with Gasteiger partial charge in [-0.05, 0) is 37.5 Å². The summed E-state index contributed by atoms with van der Waals surface area (Å²) in [7, 11) is 0. The van der Waals surface area contributed by atoms with E-state index in [1.165, 1.54) is 16.9 Å². The minimum absolute atomic E-state index is 0.125. The number of aryl methyl sites for hydroxylation is 2. The van der Waals surface area contributed by atoms with E-state index in [4.69, 9.17) is 9.84 Å². The molecule has 20 heavy (non-hydrogen) atoms. The summed E-state index contributed by atoms with van der Waals surface area (Å²) in [6.45, 7) is 4.71. The Morgan fingerprint density at radius 3 is 2.90 bits per heavy atom. The summed E-state index contributed by atoms with van der Waals surface area (Å²) in [5.41, 5.74) is 2.50. The molecule has 0 spiro atoms. The molecule has 2 rings (SSSR count). The van der Waals surface area contributed by atoms with E-state index < -0.39 is 5.97 Å². The molecule has 1 aromatic heterocycles. The van der Waals surface area contributed by atoms with E-state index in [2.05, 4.69) is 18.0 Å². The number of carboxylic acid groups (broad SMARTS) is 1. The molecule has 0 aliphatic rings. The van der Waals surface area contributed by atoms with Crippen molar-refractivity contribution in [3.05, 3.63) is 45.4 Å². The SMILES string of the molecule is Cc1cccc(OCCCc2nc(C(=O)O)cs2)c1C. The summed E-state index contributed by atoms with van der Waals surface area (Å²) in [6, 6.07) is 6.01. The van der Waals surface area contributed by atoms with Crippen LogP contribution in [0.1, 0.15) is 33.0 Å². The fourth-order valence-electron chi connectivity index (χ4n) is 1.81. The first kappa shape index (κ1) is 14.5. The minimum atomic E-state index is -0.973. The van der Waals surface area contributed by atoms with E-state index in [1.807, 2.05) is 19.1 Å². The molecule has 4 nitrogen and oxygen atoms in total. The Labute approximate surface area is 122 Å². The van der Waals surface area contributed by atoms with E-state index in [9.17, 15) is 4.79 Å². The molecular formula is C15H17NO3S. The highest BCUT2D eigenvalue weighted by Gasteiger charge is 2.08. The molecule has 0 radical (unpaired) electrons. The first-order valence-electron chi connectivity index (χ1n) is 6.44. The average molecular weight is 291 g/mol. The van der Waals surface area contributed by atoms with Crippen molar-refractivity contribution in [2.24, 2.45) is 0 Å². The monoisotopic (exact) mass is 291 g/mol. The molecule has 0 saturated carbocycles. The quantitative estimate of drug-likeness (QED) is 0.828. The van der Waals surface area contributed by atoms with Crippen molar-refractivity contribution >= 4 is 17.3 Å². The third-order valence-electron chi connectivity index (χ3n) is 3.12. The molecule has 1 aromatic carbocycles. The number of carbonyl (C=O) groups is 1. The fraction of sp³-hybridized carbons (Fsp3) is 0.333.